The van der Waals surface area contributed by atoms with Gasteiger partial charge >= 0.3 is 0 Å². The van der Waals surface area contributed by atoms with Crippen LogP contribution in [-0.2, 0) is 14.8 Å². The highest BCUT2D eigenvalue weighted by Crippen LogP contribution is 2.16. The number of non-ortho nitro benzene ring substituents is 1. The first kappa shape index (κ1) is 14.6. The highest BCUT2D eigenvalue weighted by atomic mass is 32.2. The van der Waals surface area contributed by atoms with E-state index in [2.05, 4.69) is 4.72 Å². The third-order valence-corrected chi connectivity index (χ3v) is 3.72. The summed E-state index contributed by atoms with van der Waals surface area (Å²) in [7, 11) is -2.29. The van der Waals surface area contributed by atoms with E-state index in [9.17, 15) is 18.5 Å². The summed E-state index contributed by atoms with van der Waals surface area (Å²) >= 11 is 0. The average Bonchev–Trinajstić information content (AvgIpc) is 2.36. The monoisotopic (exact) mass is 274 g/mol. The maximum absolute atomic E-state index is 11.8. The Morgan fingerprint density at radius 3 is 2.72 bits per heavy atom. The Morgan fingerprint density at radius 1 is 1.50 bits per heavy atom. The van der Waals surface area contributed by atoms with E-state index in [1.54, 1.807) is 6.92 Å². The number of hydrogen-bond acceptors (Lipinski definition) is 5. The lowest BCUT2D eigenvalue weighted by atomic mass is 10.3. The van der Waals surface area contributed by atoms with Gasteiger partial charge in [0.1, 0.15) is 0 Å². The van der Waals surface area contributed by atoms with Crippen LogP contribution in [0.15, 0.2) is 29.2 Å². The Morgan fingerprint density at radius 2 is 2.17 bits per heavy atom. The van der Waals surface area contributed by atoms with Crippen molar-refractivity contribution >= 4 is 15.7 Å². The highest BCUT2D eigenvalue weighted by Gasteiger charge is 2.18. The lowest BCUT2D eigenvalue weighted by Gasteiger charge is -2.11. The number of hydrogen-bond donors (Lipinski definition) is 1. The first-order valence-corrected chi connectivity index (χ1v) is 6.62. The van der Waals surface area contributed by atoms with Gasteiger partial charge in [-0.25, -0.2) is 13.1 Å². The molecule has 1 aromatic carbocycles. The van der Waals surface area contributed by atoms with E-state index < -0.39 is 14.9 Å². The number of ether oxygens (including phenoxy) is 1. The van der Waals surface area contributed by atoms with Crippen molar-refractivity contribution in [1.29, 1.82) is 0 Å². The van der Waals surface area contributed by atoms with Gasteiger partial charge in [0.2, 0.25) is 10.0 Å². The van der Waals surface area contributed by atoms with Crippen molar-refractivity contribution in [3.8, 4) is 0 Å². The number of sulfonamides is 1. The largest absolute Gasteiger partial charge is 0.380 e. The molecule has 0 fully saturated rings. The van der Waals surface area contributed by atoms with E-state index in [1.165, 1.54) is 25.3 Å². The Bertz CT molecular complexity index is 529. The summed E-state index contributed by atoms with van der Waals surface area (Å²) in [5.74, 6) is 0. The number of nitro groups is 1. The zero-order chi connectivity index (χ0) is 13.8. The van der Waals surface area contributed by atoms with E-state index in [4.69, 9.17) is 4.74 Å². The molecule has 0 aromatic heterocycles. The van der Waals surface area contributed by atoms with Crippen molar-refractivity contribution < 1.29 is 18.1 Å². The summed E-state index contributed by atoms with van der Waals surface area (Å²) in [4.78, 5) is 9.78. The van der Waals surface area contributed by atoms with E-state index in [0.717, 1.165) is 6.07 Å². The average molecular weight is 274 g/mol. The third-order valence-electron chi connectivity index (χ3n) is 2.30. The molecule has 0 spiro atoms. The second-order valence-electron chi connectivity index (χ2n) is 3.65. The maximum atomic E-state index is 11.8. The van der Waals surface area contributed by atoms with Crippen molar-refractivity contribution in [2.75, 3.05) is 13.7 Å². The Balaban J connectivity index is 2.91. The summed E-state index contributed by atoms with van der Waals surface area (Å²) in [6, 6.07) is 4.87. The predicted molar refractivity (Wildman–Crippen MR) is 64.8 cm³/mol. The fraction of sp³-hybridized carbons (Fsp3) is 0.400. The van der Waals surface area contributed by atoms with Crippen LogP contribution in [0.1, 0.15) is 6.92 Å². The molecule has 0 amide bonds. The first-order chi connectivity index (χ1) is 8.36. The molecular formula is C10H14N2O5S. The molecule has 1 rings (SSSR count). The van der Waals surface area contributed by atoms with Gasteiger partial charge in [0.05, 0.1) is 15.9 Å². The van der Waals surface area contributed by atoms with Gasteiger partial charge in [-0.05, 0) is 13.0 Å². The second-order valence-corrected chi connectivity index (χ2v) is 5.42. The normalized spacial score (nSPS) is 13.2. The van der Waals surface area contributed by atoms with Crippen molar-refractivity contribution in [3.05, 3.63) is 34.4 Å². The van der Waals surface area contributed by atoms with E-state index in [0.29, 0.717) is 0 Å². The number of rotatable bonds is 6. The molecule has 0 heterocycles. The first-order valence-electron chi connectivity index (χ1n) is 5.13. The van der Waals surface area contributed by atoms with E-state index in [1.807, 2.05) is 0 Å². The molecule has 1 atom stereocenters. The molecule has 100 valence electrons. The summed E-state index contributed by atoms with van der Waals surface area (Å²) < 4.78 is 30.9. The van der Waals surface area contributed by atoms with E-state index in [-0.39, 0.29) is 23.2 Å². The van der Waals surface area contributed by atoms with Crippen molar-refractivity contribution in [2.45, 2.75) is 17.9 Å². The second kappa shape index (κ2) is 5.89. The number of nitrogens with zero attached hydrogens (tertiary/aromatic N) is 1. The molecule has 0 aliphatic carbocycles. The zero-order valence-corrected chi connectivity index (χ0v) is 10.8. The summed E-state index contributed by atoms with van der Waals surface area (Å²) in [5.41, 5.74) is -0.266. The van der Waals surface area contributed by atoms with Crippen LogP contribution in [0.25, 0.3) is 0 Å². The minimum Gasteiger partial charge on any atom is -0.380 e. The minimum atomic E-state index is -3.76. The predicted octanol–water partition coefficient (Wildman–Crippen LogP) is 0.908. The fourth-order valence-electron chi connectivity index (χ4n) is 1.16. The molecule has 7 nitrogen and oxygen atoms in total. The van der Waals surface area contributed by atoms with Crippen LogP contribution < -0.4 is 4.72 Å². The van der Waals surface area contributed by atoms with E-state index >= 15 is 0 Å². The van der Waals surface area contributed by atoms with Crippen LogP contribution in [0.2, 0.25) is 0 Å². The molecule has 0 saturated carbocycles. The van der Waals surface area contributed by atoms with Crippen molar-refractivity contribution in [1.82, 2.24) is 4.72 Å². The molecule has 0 aliphatic rings. The van der Waals surface area contributed by atoms with Gasteiger partial charge in [-0.3, -0.25) is 10.1 Å². The zero-order valence-electron chi connectivity index (χ0n) is 9.99. The number of benzene rings is 1. The van der Waals surface area contributed by atoms with Gasteiger partial charge in [-0.15, -0.1) is 0 Å². The third kappa shape index (κ3) is 3.76. The Hall–Kier alpha value is -1.51. The summed E-state index contributed by atoms with van der Waals surface area (Å²) in [6.07, 6.45) is -0.279. The Labute approximate surface area is 105 Å². The molecule has 0 saturated heterocycles. The topological polar surface area (TPSA) is 98.5 Å². The fourth-order valence-corrected chi connectivity index (χ4v) is 2.31. The van der Waals surface area contributed by atoms with Gasteiger partial charge in [0.25, 0.3) is 5.69 Å². The molecular weight excluding hydrogens is 260 g/mol. The Kier molecular flexibility index (Phi) is 4.76. The minimum absolute atomic E-state index is 0.0987. The summed E-state index contributed by atoms with van der Waals surface area (Å²) in [5, 5.41) is 10.6. The van der Waals surface area contributed by atoms with Gasteiger partial charge in [0, 0.05) is 25.8 Å². The molecule has 8 heteroatoms. The molecule has 18 heavy (non-hydrogen) atoms. The van der Waals surface area contributed by atoms with Crippen LogP contribution in [-0.4, -0.2) is 33.1 Å². The number of methoxy groups -OCH3 is 1. The molecule has 1 N–H and O–H groups in total. The van der Waals surface area contributed by atoms with Crippen LogP contribution in [0.3, 0.4) is 0 Å². The molecule has 0 aliphatic heterocycles. The smallest absolute Gasteiger partial charge is 0.270 e. The van der Waals surface area contributed by atoms with Crippen molar-refractivity contribution in [2.24, 2.45) is 0 Å². The SMILES string of the molecule is COC(C)CNS(=O)(=O)c1cccc([N+](=O)[O-])c1. The van der Waals surface area contributed by atoms with Gasteiger partial charge < -0.3 is 4.74 Å². The van der Waals surface area contributed by atoms with Crippen LogP contribution in [0.5, 0.6) is 0 Å². The lowest BCUT2D eigenvalue weighted by molar-refractivity contribution is -0.385. The van der Waals surface area contributed by atoms with Crippen LogP contribution in [0, 0.1) is 10.1 Å². The summed E-state index contributed by atoms with van der Waals surface area (Å²) in [6.45, 7) is 1.80. The van der Waals surface area contributed by atoms with Gasteiger partial charge in [-0.1, -0.05) is 6.07 Å². The van der Waals surface area contributed by atoms with Gasteiger partial charge in [-0.2, -0.15) is 0 Å². The molecule has 0 bridgehead atoms. The quantitative estimate of drug-likeness (QED) is 0.614. The maximum Gasteiger partial charge on any atom is 0.270 e. The number of nitrogens with one attached hydrogen (secondary N) is 1. The highest BCUT2D eigenvalue weighted by molar-refractivity contribution is 7.89. The van der Waals surface area contributed by atoms with Crippen LogP contribution >= 0.6 is 0 Å². The van der Waals surface area contributed by atoms with Crippen LogP contribution in [0.4, 0.5) is 5.69 Å². The van der Waals surface area contributed by atoms with Crippen molar-refractivity contribution in [3.63, 3.8) is 0 Å². The lowest BCUT2D eigenvalue weighted by Crippen LogP contribution is -2.31. The van der Waals surface area contributed by atoms with Gasteiger partial charge in [0.15, 0.2) is 0 Å². The standard InChI is InChI=1S/C10H14N2O5S/c1-8(17-2)7-11-18(15,16)10-5-3-4-9(6-10)12(13)14/h3-6,8,11H,7H2,1-2H3. The molecule has 1 unspecified atom stereocenters. The number of nitro benzene ring substituents is 1. The molecule has 1 aromatic rings. The molecule has 0 radical (unpaired) electrons.